The lowest BCUT2D eigenvalue weighted by Gasteiger charge is -2.10. The number of aromatic nitrogens is 1. The molecule has 0 saturated carbocycles. The Morgan fingerprint density at radius 2 is 2.07 bits per heavy atom. The molecule has 1 aromatic rings. The van der Waals surface area contributed by atoms with E-state index in [2.05, 4.69) is 4.98 Å². The minimum Gasteiger partial charge on any atom is -0.392 e. The van der Waals surface area contributed by atoms with E-state index in [0.717, 1.165) is 0 Å². The van der Waals surface area contributed by atoms with Gasteiger partial charge >= 0.3 is 0 Å². The Hall–Kier alpha value is -0.810. The van der Waals surface area contributed by atoms with Crippen molar-refractivity contribution in [2.24, 2.45) is 0 Å². The maximum Gasteiger partial charge on any atom is 0.280 e. The molecule has 1 rings (SSSR count). The summed E-state index contributed by atoms with van der Waals surface area (Å²) in [5.41, 5.74) is -0.973. The van der Waals surface area contributed by atoms with Gasteiger partial charge in [-0.05, 0) is 0 Å². The number of hydrogen-bond acceptors (Lipinski definition) is 2. The molecule has 0 aliphatic carbocycles. The quantitative estimate of drug-likeness (QED) is 0.802. The standard InChI is InChI=1S/C8H7ClF3NO/c9-1-4-5(3-14)7(8(11)12)13-2-6(4)10/h2,8,14H,1,3H2. The van der Waals surface area contributed by atoms with Crippen molar-refractivity contribution in [2.75, 3.05) is 0 Å². The van der Waals surface area contributed by atoms with Crippen LogP contribution in [0.4, 0.5) is 13.2 Å². The molecule has 0 atom stereocenters. The molecule has 0 aliphatic heterocycles. The van der Waals surface area contributed by atoms with Crippen LogP contribution in [0, 0.1) is 5.82 Å². The molecular formula is C8H7ClF3NO. The van der Waals surface area contributed by atoms with Crippen LogP contribution < -0.4 is 0 Å². The lowest BCUT2D eigenvalue weighted by molar-refractivity contribution is 0.141. The normalized spacial score (nSPS) is 11.0. The van der Waals surface area contributed by atoms with Gasteiger partial charge in [-0.2, -0.15) is 0 Å². The highest BCUT2D eigenvalue weighted by molar-refractivity contribution is 6.17. The van der Waals surface area contributed by atoms with Gasteiger partial charge in [0.1, 0.15) is 11.5 Å². The molecule has 0 saturated heterocycles. The highest BCUT2D eigenvalue weighted by Gasteiger charge is 2.19. The first-order valence-corrected chi connectivity index (χ1v) is 4.26. The summed E-state index contributed by atoms with van der Waals surface area (Å²) in [6.07, 6.45) is -2.17. The highest BCUT2D eigenvalue weighted by Crippen LogP contribution is 2.25. The van der Waals surface area contributed by atoms with E-state index in [1.54, 1.807) is 0 Å². The molecule has 1 N–H and O–H groups in total. The van der Waals surface area contributed by atoms with E-state index in [1.807, 2.05) is 0 Å². The third kappa shape index (κ3) is 1.99. The van der Waals surface area contributed by atoms with Gasteiger partial charge < -0.3 is 5.11 Å². The fraction of sp³-hybridized carbons (Fsp3) is 0.375. The Morgan fingerprint density at radius 3 is 2.50 bits per heavy atom. The zero-order chi connectivity index (χ0) is 10.7. The molecule has 6 heteroatoms. The van der Waals surface area contributed by atoms with Crippen molar-refractivity contribution < 1.29 is 18.3 Å². The number of halogens is 4. The topological polar surface area (TPSA) is 33.1 Å². The molecular weight excluding hydrogens is 219 g/mol. The maximum absolute atomic E-state index is 13.0. The van der Waals surface area contributed by atoms with Crippen molar-refractivity contribution in [3.8, 4) is 0 Å². The van der Waals surface area contributed by atoms with E-state index >= 15 is 0 Å². The Kier molecular flexibility index (Phi) is 3.71. The summed E-state index contributed by atoms with van der Waals surface area (Å²) in [5, 5.41) is 8.81. The lowest BCUT2D eigenvalue weighted by atomic mass is 10.1. The monoisotopic (exact) mass is 225 g/mol. The smallest absolute Gasteiger partial charge is 0.280 e. The number of aliphatic hydroxyl groups excluding tert-OH is 1. The van der Waals surface area contributed by atoms with E-state index in [-0.39, 0.29) is 17.0 Å². The van der Waals surface area contributed by atoms with Crippen LogP contribution in [-0.2, 0) is 12.5 Å². The second-order valence-electron chi connectivity index (χ2n) is 2.54. The second-order valence-corrected chi connectivity index (χ2v) is 2.81. The van der Waals surface area contributed by atoms with Gasteiger partial charge in [-0.3, -0.25) is 4.98 Å². The number of alkyl halides is 3. The number of nitrogens with zero attached hydrogens (tertiary/aromatic N) is 1. The molecule has 2 nitrogen and oxygen atoms in total. The first-order chi connectivity index (χ1) is 6.61. The summed E-state index contributed by atoms with van der Waals surface area (Å²) in [6, 6.07) is 0. The third-order valence-electron chi connectivity index (χ3n) is 1.78. The van der Waals surface area contributed by atoms with Crippen LogP contribution in [0.25, 0.3) is 0 Å². The van der Waals surface area contributed by atoms with Gasteiger partial charge in [-0.1, -0.05) is 0 Å². The van der Waals surface area contributed by atoms with Crippen molar-refractivity contribution >= 4 is 11.6 Å². The fourth-order valence-electron chi connectivity index (χ4n) is 1.09. The molecule has 0 fully saturated rings. The number of aliphatic hydroxyl groups is 1. The molecule has 1 aromatic heterocycles. The minimum absolute atomic E-state index is 0.125. The van der Waals surface area contributed by atoms with E-state index in [1.165, 1.54) is 0 Å². The molecule has 0 unspecified atom stereocenters. The lowest BCUT2D eigenvalue weighted by Crippen LogP contribution is -2.05. The van der Waals surface area contributed by atoms with Crippen molar-refractivity contribution in [3.63, 3.8) is 0 Å². The van der Waals surface area contributed by atoms with Crippen LogP contribution in [0.1, 0.15) is 23.2 Å². The Morgan fingerprint density at radius 1 is 1.43 bits per heavy atom. The van der Waals surface area contributed by atoms with Gasteiger partial charge in [0.15, 0.2) is 0 Å². The molecule has 1 heterocycles. The number of pyridine rings is 1. The zero-order valence-electron chi connectivity index (χ0n) is 6.98. The predicted molar refractivity (Wildman–Crippen MR) is 44.6 cm³/mol. The minimum atomic E-state index is -2.85. The summed E-state index contributed by atoms with van der Waals surface area (Å²) >= 11 is 5.37. The van der Waals surface area contributed by atoms with Crippen LogP contribution in [-0.4, -0.2) is 10.1 Å². The molecule has 0 aromatic carbocycles. The van der Waals surface area contributed by atoms with Gasteiger partial charge in [0.2, 0.25) is 0 Å². The average molecular weight is 226 g/mol. The van der Waals surface area contributed by atoms with E-state index < -0.39 is 24.5 Å². The van der Waals surface area contributed by atoms with Crippen molar-refractivity contribution in [2.45, 2.75) is 18.9 Å². The summed E-state index contributed by atoms with van der Waals surface area (Å²) < 4.78 is 37.6. The largest absolute Gasteiger partial charge is 0.392 e. The number of hydrogen-bond donors (Lipinski definition) is 1. The van der Waals surface area contributed by atoms with Crippen LogP contribution in [0.5, 0.6) is 0 Å². The van der Waals surface area contributed by atoms with Gasteiger partial charge in [0, 0.05) is 11.1 Å². The number of rotatable bonds is 3. The molecule has 0 amide bonds. The Bertz CT molecular complexity index is 333. The molecule has 0 radical (unpaired) electrons. The van der Waals surface area contributed by atoms with E-state index in [0.29, 0.717) is 6.20 Å². The summed E-state index contributed by atoms with van der Waals surface area (Å²) in [5.74, 6) is -1.06. The second kappa shape index (κ2) is 4.61. The first-order valence-electron chi connectivity index (χ1n) is 3.73. The molecule has 0 aliphatic rings. The Labute approximate surface area is 83.3 Å². The van der Waals surface area contributed by atoms with Crippen molar-refractivity contribution in [1.82, 2.24) is 4.98 Å². The Balaban J connectivity index is 3.33. The average Bonchev–Trinajstić information content (AvgIpc) is 2.16. The van der Waals surface area contributed by atoms with E-state index in [4.69, 9.17) is 16.7 Å². The van der Waals surface area contributed by atoms with Crippen molar-refractivity contribution in [1.29, 1.82) is 0 Å². The first kappa shape index (κ1) is 11.3. The summed E-state index contributed by atoms with van der Waals surface area (Å²) in [4.78, 5) is 3.21. The predicted octanol–water partition coefficient (Wildman–Crippen LogP) is 2.39. The highest BCUT2D eigenvalue weighted by atomic mass is 35.5. The molecule has 0 spiro atoms. The van der Waals surface area contributed by atoms with Crippen LogP contribution >= 0.6 is 11.6 Å². The van der Waals surface area contributed by atoms with Crippen LogP contribution in [0.15, 0.2) is 6.20 Å². The summed E-state index contributed by atoms with van der Waals surface area (Å²) in [6.45, 7) is -0.702. The van der Waals surface area contributed by atoms with Gasteiger partial charge in [0.05, 0.1) is 18.7 Å². The van der Waals surface area contributed by atoms with E-state index in [9.17, 15) is 13.2 Å². The fourth-order valence-corrected chi connectivity index (χ4v) is 1.38. The summed E-state index contributed by atoms with van der Waals surface area (Å²) in [7, 11) is 0. The SMILES string of the molecule is OCc1c(C(F)F)ncc(F)c1CCl. The molecule has 78 valence electrons. The van der Waals surface area contributed by atoms with Gasteiger partial charge in [-0.25, -0.2) is 13.2 Å². The van der Waals surface area contributed by atoms with Crippen LogP contribution in [0.2, 0.25) is 0 Å². The van der Waals surface area contributed by atoms with Gasteiger partial charge in [-0.15, -0.1) is 11.6 Å². The third-order valence-corrected chi connectivity index (χ3v) is 2.04. The zero-order valence-corrected chi connectivity index (χ0v) is 7.73. The molecule has 14 heavy (non-hydrogen) atoms. The van der Waals surface area contributed by atoms with Crippen LogP contribution in [0.3, 0.4) is 0 Å². The molecule has 0 bridgehead atoms. The van der Waals surface area contributed by atoms with Gasteiger partial charge in [0.25, 0.3) is 6.43 Å². The maximum atomic E-state index is 13.0. The van der Waals surface area contributed by atoms with Crippen molar-refractivity contribution in [3.05, 3.63) is 28.8 Å².